The lowest BCUT2D eigenvalue weighted by Crippen LogP contribution is -2.34. The van der Waals surface area contributed by atoms with Crippen LogP contribution < -0.4 is 10.6 Å². The molecule has 1 saturated heterocycles. The summed E-state index contributed by atoms with van der Waals surface area (Å²) in [4.78, 5) is 25.1. The van der Waals surface area contributed by atoms with E-state index < -0.39 is 0 Å². The molecule has 1 amide bonds. The molecule has 1 fully saturated rings. The van der Waals surface area contributed by atoms with E-state index >= 15 is 0 Å². The van der Waals surface area contributed by atoms with Gasteiger partial charge in [-0.25, -0.2) is 4.98 Å². The van der Waals surface area contributed by atoms with Crippen molar-refractivity contribution < 1.29 is 4.79 Å². The predicted octanol–water partition coefficient (Wildman–Crippen LogP) is 1.65. The number of aryl methyl sites for hydroxylation is 1. The van der Waals surface area contributed by atoms with E-state index in [2.05, 4.69) is 35.9 Å². The quantitative estimate of drug-likeness (QED) is 0.622. The maximum absolute atomic E-state index is 12.3. The van der Waals surface area contributed by atoms with E-state index in [0.29, 0.717) is 18.3 Å². The van der Waals surface area contributed by atoms with Gasteiger partial charge in [0.05, 0.1) is 24.6 Å². The van der Waals surface area contributed by atoms with Gasteiger partial charge in [0.25, 0.3) is 5.91 Å². The molecular weight excluding hydrogens is 376 g/mol. The Balaban J connectivity index is 1.27. The van der Waals surface area contributed by atoms with Crippen molar-refractivity contribution in [3.05, 3.63) is 41.6 Å². The topological polar surface area (TPSA) is 111 Å². The molecule has 28 heavy (non-hydrogen) atoms. The van der Waals surface area contributed by atoms with Crippen molar-refractivity contribution in [3.8, 4) is 10.7 Å². The molecule has 2 N–H and O–H groups in total. The van der Waals surface area contributed by atoms with Gasteiger partial charge in [-0.1, -0.05) is 11.6 Å². The Morgan fingerprint density at radius 2 is 2.32 bits per heavy atom. The zero-order valence-corrected chi connectivity index (χ0v) is 16.2. The third kappa shape index (κ3) is 4.76. The van der Waals surface area contributed by atoms with Gasteiger partial charge in [0.15, 0.2) is 5.69 Å². The minimum atomic E-state index is -0.254. The van der Waals surface area contributed by atoms with E-state index in [1.165, 1.54) is 30.6 Å². The first-order chi connectivity index (χ1) is 13.8. The Labute approximate surface area is 166 Å². The molecule has 0 saturated carbocycles. The van der Waals surface area contributed by atoms with Crippen LogP contribution in [0.3, 0.4) is 0 Å². The van der Waals surface area contributed by atoms with Crippen LogP contribution in [-0.4, -0.2) is 48.4 Å². The lowest BCUT2D eigenvalue weighted by atomic mass is 10.0. The maximum atomic E-state index is 12.3. The number of thiazole rings is 1. The van der Waals surface area contributed by atoms with E-state index in [9.17, 15) is 4.79 Å². The smallest absolute Gasteiger partial charge is 0.273 e. The van der Waals surface area contributed by atoms with Crippen LogP contribution in [-0.2, 0) is 13.1 Å². The number of amides is 1. The van der Waals surface area contributed by atoms with Crippen molar-refractivity contribution >= 4 is 17.2 Å². The van der Waals surface area contributed by atoms with Crippen LogP contribution >= 0.6 is 11.3 Å². The SMILES string of the molecule is O=C(NCc1csc(-c2cnccn2)n1)c1cn(CCC2CCCCN2)nn1. The molecule has 1 atom stereocenters. The van der Waals surface area contributed by atoms with Gasteiger partial charge in [0, 0.05) is 30.4 Å². The van der Waals surface area contributed by atoms with Gasteiger partial charge in [-0.05, 0) is 25.8 Å². The molecule has 1 unspecified atom stereocenters. The van der Waals surface area contributed by atoms with Gasteiger partial charge < -0.3 is 10.6 Å². The molecule has 0 aromatic carbocycles. The largest absolute Gasteiger partial charge is 0.345 e. The summed E-state index contributed by atoms with van der Waals surface area (Å²) in [6.07, 6.45) is 11.3. The first-order valence-corrected chi connectivity index (χ1v) is 10.3. The van der Waals surface area contributed by atoms with E-state index in [4.69, 9.17) is 0 Å². The third-order valence-electron chi connectivity index (χ3n) is 4.65. The first kappa shape index (κ1) is 18.6. The summed E-state index contributed by atoms with van der Waals surface area (Å²) in [5.74, 6) is -0.254. The number of nitrogens with one attached hydrogen (secondary N) is 2. The van der Waals surface area contributed by atoms with E-state index in [0.717, 1.165) is 35.9 Å². The fraction of sp³-hybridized carbons (Fsp3) is 0.444. The van der Waals surface area contributed by atoms with Crippen molar-refractivity contribution in [2.24, 2.45) is 0 Å². The summed E-state index contributed by atoms with van der Waals surface area (Å²) in [5, 5.41) is 17.1. The van der Waals surface area contributed by atoms with Crippen molar-refractivity contribution in [1.82, 2.24) is 40.6 Å². The second-order valence-corrected chi connectivity index (χ2v) is 7.58. The third-order valence-corrected chi connectivity index (χ3v) is 5.57. The van der Waals surface area contributed by atoms with Crippen LogP contribution in [0, 0.1) is 0 Å². The minimum absolute atomic E-state index is 0.254. The zero-order chi connectivity index (χ0) is 19.2. The molecule has 10 heteroatoms. The number of carbonyl (C=O) groups is 1. The molecule has 3 aromatic rings. The number of hydrogen-bond acceptors (Lipinski definition) is 8. The van der Waals surface area contributed by atoms with Crippen molar-refractivity contribution in [3.63, 3.8) is 0 Å². The Morgan fingerprint density at radius 1 is 1.36 bits per heavy atom. The van der Waals surface area contributed by atoms with Gasteiger partial charge in [0.2, 0.25) is 0 Å². The lowest BCUT2D eigenvalue weighted by molar-refractivity contribution is 0.0945. The average Bonchev–Trinajstić information content (AvgIpc) is 3.42. The average molecular weight is 398 g/mol. The van der Waals surface area contributed by atoms with Crippen LogP contribution in [0.4, 0.5) is 0 Å². The zero-order valence-electron chi connectivity index (χ0n) is 15.4. The van der Waals surface area contributed by atoms with Gasteiger partial charge in [-0.2, -0.15) is 0 Å². The first-order valence-electron chi connectivity index (χ1n) is 9.40. The molecule has 1 aliphatic heterocycles. The highest BCUT2D eigenvalue weighted by Crippen LogP contribution is 2.20. The lowest BCUT2D eigenvalue weighted by Gasteiger charge is -2.23. The number of piperidine rings is 1. The maximum Gasteiger partial charge on any atom is 0.273 e. The summed E-state index contributed by atoms with van der Waals surface area (Å²) in [6, 6.07) is 0.531. The second kappa shape index (κ2) is 8.98. The fourth-order valence-electron chi connectivity index (χ4n) is 3.15. The highest BCUT2D eigenvalue weighted by atomic mass is 32.1. The van der Waals surface area contributed by atoms with Gasteiger partial charge in [0.1, 0.15) is 10.7 Å². The highest BCUT2D eigenvalue weighted by Gasteiger charge is 2.15. The monoisotopic (exact) mass is 398 g/mol. The van der Waals surface area contributed by atoms with Crippen molar-refractivity contribution in [1.29, 1.82) is 0 Å². The van der Waals surface area contributed by atoms with Crippen molar-refractivity contribution in [2.75, 3.05) is 6.54 Å². The highest BCUT2D eigenvalue weighted by molar-refractivity contribution is 7.13. The molecule has 0 aliphatic carbocycles. The van der Waals surface area contributed by atoms with Gasteiger partial charge in [-0.15, -0.1) is 16.4 Å². The van der Waals surface area contributed by atoms with Gasteiger partial charge in [-0.3, -0.25) is 19.4 Å². The number of rotatable bonds is 7. The molecule has 3 aromatic heterocycles. The molecule has 4 heterocycles. The Morgan fingerprint density at radius 3 is 3.14 bits per heavy atom. The van der Waals surface area contributed by atoms with Crippen LogP contribution in [0.15, 0.2) is 30.2 Å². The van der Waals surface area contributed by atoms with Crippen molar-refractivity contribution in [2.45, 2.75) is 44.8 Å². The Kier molecular flexibility index (Phi) is 5.98. The number of hydrogen-bond donors (Lipinski definition) is 2. The van der Waals surface area contributed by atoms with Gasteiger partial charge >= 0.3 is 0 Å². The molecule has 4 rings (SSSR count). The number of aromatic nitrogens is 6. The normalized spacial score (nSPS) is 16.8. The minimum Gasteiger partial charge on any atom is -0.345 e. The summed E-state index contributed by atoms with van der Waals surface area (Å²) in [7, 11) is 0. The van der Waals surface area contributed by atoms with Crippen LogP contribution in [0.2, 0.25) is 0 Å². The molecule has 9 nitrogen and oxygen atoms in total. The predicted molar refractivity (Wildman–Crippen MR) is 105 cm³/mol. The molecule has 1 aliphatic rings. The summed E-state index contributed by atoms with van der Waals surface area (Å²) >= 11 is 1.47. The molecule has 0 bridgehead atoms. The summed E-state index contributed by atoms with van der Waals surface area (Å²) in [6.45, 7) is 2.17. The fourth-order valence-corrected chi connectivity index (χ4v) is 3.93. The second-order valence-electron chi connectivity index (χ2n) is 6.72. The van der Waals surface area contributed by atoms with Crippen LogP contribution in [0.25, 0.3) is 10.7 Å². The van der Waals surface area contributed by atoms with Crippen LogP contribution in [0.5, 0.6) is 0 Å². The summed E-state index contributed by atoms with van der Waals surface area (Å²) < 4.78 is 1.74. The number of carbonyl (C=O) groups excluding carboxylic acids is 1. The standard InChI is InChI=1S/C18H22N8OS/c27-17(16-11-26(25-24-16)8-4-13-3-1-2-5-20-13)22-9-14-12-28-18(23-14)15-10-19-6-7-21-15/h6-7,10-13,20H,1-5,8-9H2,(H,22,27). The van der Waals surface area contributed by atoms with E-state index in [-0.39, 0.29) is 5.91 Å². The molecule has 0 radical (unpaired) electrons. The van der Waals surface area contributed by atoms with E-state index in [1.54, 1.807) is 29.5 Å². The summed E-state index contributed by atoms with van der Waals surface area (Å²) in [5.41, 5.74) is 1.82. The van der Waals surface area contributed by atoms with E-state index in [1.807, 2.05) is 5.38 Å². The Bertz CT molecular complexity index is 903. The Hall–Kier alpha value is -2.72. The molecular formula is C18H22N8OS. The molecule has 0 spiro atoms. The van der Waals surface area contributed by atoms with Crippen LogP contribution in [0.1, 0.15) is 41.9 Å². The molecule has 146 valence electrons. The number of nitrogens with zero attached hydrogens (tertiary/aromatic N) is 6.